The fourth-order valence-electron chi connectivity index (χ4n) is 3.02. The van der Waals surface area contributed by atoms with Gasteiger partial charge in [0.25, 0.3) is 0 Å². The van der Waals surface area contributed by atoms with Crippen molar-refractivity contribution in [3.05, 3.63) is 72.2 Å². The number of hydrogen-bond donors (Lipinski definition) is 2. The molecule has 0 bridgehead atoms. The molecule has 6 nitrogen and oxygen atoms in total. The topological polar surface area (TPSA) is 79.8 Å². The summed E-state index contributed by atoms with van der Waals surface area (Å²) in [7, 11) is 0. The second-order valence-corrected chi connectivity index (χ2v) is 6.54. The van der Waals surface area contributed by atoms with E-state index < -0.39 is 0 Å². The minimum Gasteiger partial charge on any atom is -0.328 e. The van der Waals surface area contributed by atoms with Crippen LogP contribution in [-0.4, -0.2) is 21.4 Å². The number of pyridine rings is 1. The lowest BCUT2D eigenvalue weighted by Crippen LogP contribution is -2.01. The number of carbonyl (C=O) groups is 1. The Labute approximate surface area is 162 Å². The predicted molar refractivity (Wildman–Crippen MR) is 112 cm³/mol. The second kappa shape index (κ2) is 7.44. The van der Waals surface area contributed by atoms with Gasteiger partial charge in [0, 0.05) is 46.0 Å². The number of nitrogens with zero attached hydrogens (tertiary/aromatic N) is 3. The Morgan fingerprint density at radius 1 is 0.964 bits per heavy atom. The Morgan fingerprint density at radius 3 is 2.64 bits per heavy atom. The molecule has 0 aliphatic rings. The Balaban J connectivity index is 1.73. The van der Waals surface area contributed by atoms with Crippen LogP contribution in [0.3, 0.4) is 0 Å². The summed E-state index contributed by atoms with van der Waals surface area (Å²) in [6.07, 6.45) is 4.33. The number of aromatic nitrogens is 3. The maximum Gasteiger partial charge on any atom is 0.227 e. The van der Waals surface area contributed by atoms with E-state index in [1.807, 2.05) is 68.6 Å². The molecule has 2 aromatic heterocycles. The molecule has 0 saturated heterocycles. The van der Waals surface area contributed by atoms with Gasteiger partial charge in [-0.1, -0.05) is 30.3 Å². The Hall–Kier alpha value is -3.80. The van der Waals surface area contributed by atoms with Crippen LogP contribution in [0.5, 0.6) is 0 Å². The molecule has 6 heteroatoms. The fraction of sp³-hybridized carbons (Fsp3) is 0.0909. The molecule has 4 aromatic rings. The number of para-hydroxylation sites is 1. The number of anilines is 3. The lowest BCUT2D eigenvalue weighted by molar-refractivity contribution is -0.105. The Bertz CT molecular complexity index is 1160. The first-order chi connectivity index (χ1) is 13.6. The molecule has 138 valence electrons. The molecule has 2 N–H and O–H groups in total. The third-order valence-electron chi connectivity index (χ3n) is 4.54. The highest BCUT2D eigenvalue weighted by atomic mass is 16.1. The van der Waals surface area contributed by atoms with E-state index in [9.17, 15) is 4.79 Å². The van der Waals surface area contributed by atoms with Crippen LogP contribution in [0.4, 0.5) is 17.3 Å². The third-order valence-corrected chi connectivity index (χ3v) is 4.54. The summed E-state index contributed by atoms with van der Waals surface area (Å²) in [6.45, 7) is 3.90. The number of rotatable bonds is 5. The highest BCUT2D eigenvalue weighted by Crippen LogP contribution is 2.28. The SMILES string of the molecule is Cc1ccc(-c2cccc3cnc(Nc4ccc(C)c(NC=O)c4)nc23)cn1. The minimum absolute atomic E-state index is 0.487. The molecule has 0 aliphatic heterocycles. The van der Waals surface area contributed by atoms with Crippen molar-refractivity contribution in [1.82, 2.24) is 15.0 Å². The van der Waals surface area contributed by atoms with Crippen LogP contribution in [0.2, 0.25) is 0 Å². The molecule has 0 aliphatic carbocycles. The van der Waals surface area contributed by atoms with Crippen molar-refractivity contribution in [2.45, 2.75) is 13.8 Å². The molecular weight excluding hydrogens is 350 g/mol. The molecule has 2 aromatic carbocycles. The molecule has 0 spiro atoms. The third kappa shape index (κ3) is 3.53. The van der Waals surface area contributed by atoms with E-state index >= 15 is 0 Å². The van der Waals surface area contributed by atoms with Crippen molar-refractivity contribution in [3.8, 4) is 11.1 Å². The number of nitrogens with one attached hydrogen (secondary N) is 2. The van der Waals surface area contributed by atoms with Crippen molar-refractivity contribution < 1.29 is 4.79 Å². The Kier molecular flexibility index (Phi) is 4.68. The van der Waals surface area contributed by atoms with Crippen LogP contribution < -0.4 is 10.6 Å². The Morgan fingerprint density at radius 2 is 1.86 bits per heavy atom. The van der Waals surface area contributed by atoms with Gasteiger partial charge in [-0.05, 0) is 37.6 Å². The molecule has 0 saturated carbocycles. The second-order valence-electron chi connectivity index (χ2n) is 6.54. The summed E-state index contributed by atoms with van der Waals surface area (Å²) in [5, 5.41) is 6.87. The molecule has 2 heterocycles. The van der Waals surface area contributed by atoms with Crippen molar-refractivity contribution in [3.63, 3.8) is 0 Å². The normalized spacial score (nSPS) is 10.6. The van der Waals surface area contributed by atoms with E-state index in [-0.39, 0.29) is 0 Å². The van der Waals surface area contributed by atoms with E-state index in [2.05, 4.69) is 20.6 Å². The monoisotopic (exact) mass is 369 g/mol. The zero-order chi connectivity index (χ0) is 19.5. The fourth-order valence-corrected chi connectivity index (χ4v) is 3.02. The van der Waals surface area contributed by atoms with E-state index in [1.165, 1.54) is 0 Å². The van der Waals surface area contributed by atoms with Gasteiger partial charge in [0.05, 0.1) is 5.52 Å². The van der Waals surface area contributed by atoms with Gasteiger partial charge in [0.1, 0.15) is 0 Å². The van der Waals surface area contributed by atoms with Gasteiger partial charge in [-0.15, -0.1) is 0 Å². The number of fused-ring (bicyclic) bond motifs is 1. The lowest BCUT2D eigenvalue weighted by Gasteiger charge is -2.11. The van der Waals surface area contributed by atoms with Gasteiger partial charge >= 0.3 is 0 Å². The maximum absolute atomic E-state index is 10.8. The standard InChI is InChI=1S/C22H19N5O/c1-14-6-9-18(10-20(14)25-13-28)26-22-24-12-17-4-3-5-19(21(17)27-22)16-8-7-15(2)23-11-16/h3-13H,1-2H3,(H,25,28)(H,24,26,27). The van der Waals surface area contributed by atoms with E-state index in [0.29, 0.717) is 12.4 Å². The molecule has 0 radical (unpaired) electrons. The maximum atomic E-state index is 10.8. The van der Waals surface area contributed by atoms with Gasteiger partial charge in [-0.25, -0.2) is 9.97 Å². The average molecular weight is 369 g/mol. The summed E-state index contributed by atoms with van der Waals surface area (Å²) in [6, 6.07) is 15.8. The first-order valence-corrected chi connectivity index (χ1v) is 8.91. The summed E-state index contributed by atoms with van der Waals surface area (Å²) in [5.74, 6) is 0.487. The zero-order valence-corrected chi connectivity index (χ0v) is 15.6. The molecule has 4 rings (SSSR count). The van der Waals surface area contributed by atoms with Crippen LogP contribution >= 0.6 is 0 Å². The quantitative estimate of drug-likeness (QED) is 0.502. The van der Waals surface area contributed by atoms with Gasteiger partial charge in [0.2, 0.25) is 12.4 Å². The van der Waals surface area contributed by atoms with E-state index in [4.69, 9.17) is 4.98 Å². The smallest absolute Gasteiger partial charge is 0.227 e. The van der Waals surface area contributed by atoms with Crippen LogP contribution in [0.15, 0.2) is 60.9 Å². The van der Waals surface area contributed by atoms with Gasteiger partial charge in [-0.3, -0.25) is 9.78 Å². The van der Waals surface area contributed by atoms with Crippen molar-refractivity contribution in [1.29, 1.82) is 0 Å². The van der Waals surface area contributed by atoms with Crippen LogP contribution in [-0.2, 0) is 4.79 Å². The lowest BCUT2D eigenvalue weighted by atomic mass is 10.0. The molecule has 0 atom stereocenters. The molecule has 0 fully saturated rings. The molecule has 28 heavy (non-hydrogen) atoms. The predicted octanol–water partition coefficient (Wildman–Crippen LogP) is 4.62. The molecular formula is C22H19N5O. The van der Waals surface area contributed by atoms with Crippen LogP contribution in [0.25, 0.3) is 22.0 Å². The molecule has 0 unspecified atom stereocenters. The number of hydrogen-bond acceptors (Lipinski definition) is 5. The number of amides is 1. The number of aryl methyl sites for hydroxylation is 2. The molecule has 1 amide bonds. The van der Waals surface area contributed by atoms with Gasteiger partial charge in [0.15, 0.2) is 0 Å². The van der Waals surface area contributed by atoms with Crippen molar-refractivity contribution in [2.24, 2.45) is 0 Å². The first kappa shape index (κ1) is 17.6. The highest BCUT2D eigenvalue weighted by Gasteiger charge is 2.08. The van der Waals surface area contributed by atoms with Crippen LogP contribution in [0, 0.1) is 13.8 Å². The summed E-state index contributed by atoms with van der Waals surface area (Å²) >= 11 is 0. The average Bonchev–Trinajstić information content (AvgIpc) is 2.71. The summed E-state index contributed by atoms with van der Waals surface area (Å²) in [4.78, 5) is 24.3. The van der Waals surface area contributed by atoms with E-state index in [1.54, 1.807) is 6.20 Å². The first-order valence-electron chi connectivity index (χ1n) is 8.91. The largest absolute Gasteiger partial charge is 0.328 e. The van der Waals surface area contributed by atoms with Gasteiger partial charge in [-0.2, -0.15) is 0 Å². The van der Waals surface area contributed by atoms with Crippen molar-refractivity contribution in [2.75, 3.05) is 10.6 Å². The van der Waals surface area contributed by atoms with Crippen molar-refractivity contribution >= 4 is 34.6 Å². The minimum atomic E-state index is 0.487. The summed E-state index contributed by atoms with van der Waals surface area (Å²) in [5.41, 5.74) is 6.35. The summed E-state index contributed by atoms with van der Waals surface area (Å²) < 4.78 is 0. The zero-order valence-electron chi connectivity index (χ0n) is 15.6. The van der Waals surface area contributed by atoms with Crippen LogP contribution in [0.1, 0.15) is 11.3 Å². The number of benzene rings is 2. The highest BCUT2D eigenvalue weighted by molar-refractivity contribution is 5.93. The number of carbonyl (C=O) groups excluding carboxylic acids is 1. The van der Waals surface area contributed by atoms with E-state index in [0.717, 1.165) is 44.7 Å². The van der Waals surface area contributed by atoms with Gasteiger partial charge < -0.3 is 10.6 Å².